The van der Waals surface area contributed by atoms with Crippen LogP contribution in [0.5, 0.6) is 0 Å². The van der Waals surface area contributed by atoms with Gasteiger partial charge in [-0.1, -0.05) is 19.8 Å². The Bertz CT molecular complexity index is 157. The van der Waals surface area contributed by atoms with Crippen molar-refractivity contribution in [1.29, 1.82) is 0 Å². The highest BCUT2D eigenvalue weighted by Gasteiger charge is 2.22. The van der Waals surface area contributed by atoms with E-state index in [1.807, 2.05) is 0 Å². The van der Waals surface area contributed by atoms with Crippen LogP contribution in [0, 0.1) is 24.2 Å². The number of hydrogen-bond acceptors (Lipinski definition) is 1. The van der Waals surface area contributed by atoms with Gasteiger partial charge in [-0.05, 0) is 24.8 Å². The van der Waals surface area contributed by atoms with E-state index in [1.54, 1.807) is 0 Å². The van der Waals surface area contributed by atoms with E-state index in [9.17, 15) is 0 Å². The summed E-state index contributed by atoms with van der Waals surface area (Å²) in [5.74, 6) is 4.47. The van der Waals surface area contributed by atoms with Crippen molar-refractivity contribution in [3.8, 4) is 12.3 Å². The first-order chi connectivity index (χ1) is 5.84. The first kappa shape index (κ1) is 9.61. The van der Waals surface area contributed by atoms with Gasteiger partial charge in [-0.2, -0.15) is 0 Å². The fourth-order valence-electron chi connectivity index (χ4n) is 1.97. The molecule has 1 aliphatic carbocycles. The summed E-state index contributed by atoms with van der Waals surface area (Å²) in [5, 5.41) is 3.42. The van der Waals surface area contributed by atoms with Crippen LogP contribution >= 0.6 is 0 Å². The molecule has 2 atom stereocenters. The summed E-state index contributed by atoms with van der Waals surface area (Å²) in [6.07, 6.45) is 10.3. The van der Waals surface area contributed by atoms with E-state index in [1.165, 1.54) is 25.8 Å². The average Bonchev–Trinajstić information content (AvgIpc) is 2.46. The van der Waals surface area contributed by atoms with Crippen LogP contribution in [0.2, 0.25) is 0 Å². The van der Waals surface area contributed by atoms with E-state index in [-0.39, 0.29) is 0 Å². The molecule has 0 heterocycles. The third-order valence-corrected chi connectivity index (χ3v) is 2.89. The maximum Gasteiger partial charge on any atom is 0.0211 e. The fraction of sp³-hybridized carbons (Fsp3) is 0.818. The normalized spacial score (nSPS) is 28.7. The molecule has 0 aliphatic heterocycles. The Balaban J connectivity index is 2.03. The Labute approximate surface area is 75.9 Å². The maximum absolute atomic E-state index is 5.16. The van der Waals surface area contributed by atoms with Crippen LogP contribution < -0.4 is 5.32 Å². The van der Waals surface area contributed by atoms with Crippen LogP contribution in [0.15, 0.2) is 0 Å². The summed E-state index contributed by atoms with van der Waals surface area (Å²) in [7, 11) is 0. The molecule has 0 aromatic carbocycles. The quantitative estimate of drug-likeness (QED) is 0.496. The minimum absolute atomic E-state index is 0.862. The van der Waals surface area contributed by atoms with Crippen molar-refractivity contribution in [3.05, 3.63) is 0 Å². The van der Waals surface area contributed by atoms with Crippen molar-refractivity contribution in [3.63, 3.8) is 0 Å². The van der Waals surface area contributed by atoms with Gasteiger partial charge in [0.15, 0.2) is 0 Å². The molecular formula is C11H19N. The van der Waals surface area contributed by atoms with Crippen molar-refractivity contribution in [2.24, 2.45) is 11.8 Å². The molecule has 1 heteroatoms. The summed E-state index contributed by atoms with van der Waals surface area (Å²) in [6.45, 7) is 4.52. The lowest BCUT2D eigenvalue weighted by atomic mass is 9.98. The lowest BCUT2D eigenvalue weighted by Crippen LogP contribution is -2.24. The van der Waals surface area contributed by atoms with Gasteiger partial charge in [-0.3, -0.25) is 0 Å². The predicted octanol–water partition coefficient (Wildman–Crippen LogP) is 2.04. The summed E-state index contributed by atoms with van der Waals surface area (Å²) in [5.41, 5.74) is 0. The monoisotopic (exact) mass is 165 g/mol. The first-order valence-electron chi connectivity index (χ1n) is 4.98. The Hall–Kier alpha value is -0.480. The fourth-order valence-corrected chi connectivity index (χ4v) is 1.97. The van der Waals surface area contributed by atoms with Crippen LogP contribution in [-0.4, -0.2) is 13.1 Å². The highest BCUT2D eigenvalue weighted by molar-refractivity contribution is 4.84. The molecule has 1 N–H and O–H groups in total. The molecule has 0 saturated heterocycles. The molecule has 0 amide bonds. The number of nitrogens with one attached hydrogen (secondary N) is 1. The minimum atomic E-state index is 0.862. The zero-order valence-corrected chi connectivity index (χ0v) is 7.97. The summed E-state index contributed by atoms with van der Waals surface area (Å²) < 4.78 is 0. The Kier molecular flexibility index (Phi) is 4.18. The van der Waals surface area contributed by atoms with Crippen molar-refractivity contribution in [1.82, 2.24) is 5.32 Å². The molecular weight excluding hydrogens is 146 g/mol. The summed E-state index contributed by atoms with van der Waals surface area (Å²) in [6, 6.07) is 0. The number of terminal acetylenes is 1. The molecule has 1 fully saturated rings. The van der Waals surface area contributed by atoms with E-state index in [0.29, 0.717) is 0 Å². The second kappa shape index (κ2) is 5.22. The maximum atomic E-state index is 5.16. The molecule has 0 spiro atoms. The molecule has 12 heavy (non-hydrogen) atoms. The van der Waals surface area contributed by atoms with Gasteiger partial charge in [0.25, 0.3) is 0 Å². The average molecular weight is 165 g/mol. The predicted molar refractivity (Wildman–Crippen MR) is 52.8 cm³/mol. The van der Waals surface area contributed by atoms with Crippen molar-refractivity contribution in [2.45, 2.75) is 32.6 Å². The van der Waals surface area contributed by atoms with Crippen LogP contribution in [0.3, 0.4) is 0 Å². The molecule has 1 rings (SSSR count). The molecule has 0 aromatic rings. The van der Waals surface area contributed by atoms with Gasteiger partial charge in [-0.25, -0.2) is 0 Å². The second-order valence-corrected chi connectivity index (χ2v) is 3.83. The number of hydrogen-bond donors (Lipinski definition) is 1. The largest absolute Gasteiger partial charge is 0.315 e. The Morgan fingerprint density at radius 1 is 1.50 bits per heavy atom. The van der Waals surface area contributed by atoms with Crippen LogP contribution in [-0.2, 0) is 0 Å². The highest BCUT2D eigenvalue weighted by Crippen LogP contribution is 2.30. The molecule has 0 aromatic heterocycles. The highest BCUT2D eigenvalue weighted by atomic mass is 14.9. The van der Waals surface area contributed by atoms with Gasteiger partial charge in [-0.15, -0.1) is 12.3 Å². The third-order valence-electron chi connectivity index (χ3n) is 2.89. The SMILES string of the molecule is C#CCCNCC1CCCC1C. The Morgan fingerprint density at radius 2 is 2.33 bits per heavy atom. The lowest BCUT2D eigenvalue weighted by Gasteiger charge is -2.15. The van der Waals surface area contributed by atoms with Crippen molar-refractivity contribution in [2.75, 3.05) is 13.1 Å². The summed E-state index contributed by atoms with van der Waals surface area (Å²) in [4.78, 5) is 0. The molecule has 68 valence electrons. The van der Waals surface area contributed by atoms with Crippen LogP contribution in [0.4, 0.5) is 0 Å². The zero-order valence-electron chi connectivity index (χ0n) is 7.97. The first-order valence-corrected chi connectivity index (χ1v) is 4.98. The molecule has 0 radical (unpaired) electrons. The second-order valence-electron chi connectivity index (χ2n) is 3.83. The third kappa shape index (κ3) is 2.87. The van der Waals surface area contributed by atoms with Gasteiger partial charge >= 0.3 is 0 Å². The van der Waals surface area contributed by atoms with Gasteiger partial charge < -0.3 is 5.32 Å². The van der Waals surface area contributed by atoms with Gasteiger partial charge in [0, 0.05) is 13.0 Å². The smallest absolute Gasteiger partial charge is 0.0211 e. The van der Waals surface area contributed by atoms with Crippen LogP contribution in [0.25, 0.3) is 0 Å². The van der Waals surface area contributed by atoms with Gasteiger partial charge in [0.05, 0.1) is 0 Å². The van der Waals surface area contributed by atoms with E-state index >= 15 is 0 Å². The molecule has 1 nitrogen and oxygen atoms in total. The molecule has 1 aliphatic rings. The van der Waals surface area contributed by atoms with Crippen LogP contribution in [0.1, 0.15) is 32.6 Å². The number of rotatable bonds is 4. The Morgan fingerprint density at radius 3 is 2.92 bits per heavy atom. The standard InChI is InChI=1S/C11H19N/c1-3-4-8-12-9-11-7-5-6-10(11)2/h1,10-12H,4-9H2,2H3. The minimum Gasteiger partial charge on any atom is -0.315 e. The topological polar surface area (TPSA) is 12.0 Å². The molecule has 2 unspecified atom stereocenters. The summed E-state index contributed by atoms with van der Waals surface area (Å²) >= 11 is 0. The van der Waals surface area contributed by atoms with Crippen molar-refractivity contribution >= 4 is 0 Å². The van der Waals surface area contributed by atoms with E-state index in [4.69, 9.17) is 6.42 Å². The lowest BCUT2D eigenvalue weighted by molar-refractivity contribution is 0.395. The van der Waals surface area contributed by atoms with Crippen molar-refractivity contribution < 1.29 is 0 Å². The van der Waals surface area contributed by atoms with Gasteiger partial charge in [0.1, 0.15) is 0 Å². The van der Waals surface area contributed by atoms with E-state index < -0.39 is 0 Å². The van der Waals surface area contributed by atoms with Gasteiger partial charge in [0.2, 0.25) is 0 Å². The van der Waals surface area contributed by atoms with E-state index in [0.717, 1.165) is 24.8 Å². The van der Waals surface area contributed by atoms with E-state index in [2.05, 4.69) is 18.2 Å². The molecule has 1 saturated carbocycles. The molecule has 0 bridgehead atoms. The zero-order chi connectivity index (χ0) is 8.81.